The Kier molecular flexibility index (Phi) is 7.74. The van der Waals surface area contributed by atoms with E-state index in [2.05, 4.69) is 0 Å². The van der Waals surface area contributed by atoms with E-state index >= 15 is 0 Å². The lowest BCUT2D eigenvalue weighted by Crippen LogP contribution is -2.46. The molecule has 0 heterocycles. The number of hydrogen-bond acceptors (Lipinski definition) is 5. The average Bonchev–Trinajstić information content (AvgIpc) is 2.70. The first kappa shape index (κ1) is 24.3. The minimum Gasteiger partial charge on any atom is -0.480 e. The first-order valence-corrected chi connectivity index (χ1v) is 10.2. The summed E-state index contributed by atoms with van der Waals surface area (Å²) < 4.78 is 10.8. The third-order valence-electron chi connectivity index (χ3n) is 5.03. The highest BCUT2D eigenvalue weighted by Crippen LogP contribution is 2.30. The fourth-order valence-electron chi connectivity index (χ4n) is 3.18. The summed E-state index contributed by atoms with van der Waals surface area (Å²) in [6.45, 7) is 8.55. The van der Waals surface area contributed by atoms with E-state index in [1.54, 1.807) is 31.2 Å². The van der Waals surface area contributed by atoms with Gasteiger partial charge in [-0.2, -0.15) is 0 Å². The summed E-state index contributed by atoms with van der Waals surface area (Å²) in [6, 6.07) is 14.3. The molecule has 6 nitrogen and oxygen atoms in total. The molecule has 2 aromatic carbocycles. The average molecular weight is 427 g/mol. The van der Waals surface area contributed by atoms with E-state index in [-0.39, 0.29) is 19.6 Å². The minimum atomic E-state index is -1.67. The molecule has 0 aliphatic rings. The molecule has 2 rings (SSSR count). The maximum absolute atomic E-state index is 12.4. The Bertz CT molecular complexity index is 923. The van der Waals surface area contributed by atoms with Crippen molar-refractivity contribution in [3.63, 3.8) is 0 Å². The third-order valence-corrected chi connectivity index (χ3v) is 5.03. The monoisotopic (exact) mass is 426 g/mol. The van der Waals surface area contributed by atoms with Gasteiger partial charge in [0, 0.05) is 0 Å². The van der Waals surface area contributed by atoms with Gasteiger partial charge in [-0.3, -0.25) is 9.59 Å². The molecule has 0 saturated carbocycles. The van der Waals surface area contributed by atoms with Crippen LogP contribution in [0.4, 0.5) is 0 Å². The summed E-state index contributed by atoms with van der Waals surface area (Å²) >= 11 is 0. The van der Waals surface area contributed by atoms with Gasteiger partial charge in [0.25, 0.3) is 0 Å². The van der Waals surface area contributed by atoms with Gasteiger partial charge in [-0.25, -0.2) is 4.79 Å². The van der Waals surface area contributed by atoms with Crippen LogP contribution in [-0.2, 0) is 25.5 Å². The van der Waals surface area contributed by atoms with Crippen molar-refractivity contribution in [2.45, 2.75) is 46.6 Å². The highest BCUT2D eigenvalue weighted by atomic mass is 16.5. The highest BCUT2D eigenvalue weighted by molar-refractivity contribution is 6.02. The molecule has 31 heavy (non-hydrogen) atoms. The van der Waals surface area contributed by atoms with Crippen LogP contribution in [0.25, 0.3) is 11.1 Å². The fraction of sp³-hybridized carbons (Fsp3) is 0.400. The van der Waals surface area contributed by atoms with Crippen molar-refractivity contribution in [3.8, 4) is 11.1 Å². The van der Waals surface area contributed by atoms with Crippen LogP contribution in [0.2, 0.25) is 0 Å². The zero-order valence-electron chi connectivity index (χ0n) is 18.7. The Morgan fingerprint density at radius 1 is 0.968 bits per heavy atom. The molecule has 1 atom stereocenters. The van der Waals surface area contributed by atoms with Crippen LogP contribution in [0.1, 0.15) is 50.5 Å². The molecule has 166 valence electrons. The number of esters is 1. The summed E-state index contributed by atoms with van der Waals surface area (Å²) in [4.78, 5) is 36.7. The lowest BCUT2D eigenvalue weighted by Gasteiger charge is -2.30. The second-order valence-corrected chi connectivity index (χ2v) is 8.48. The van der Waals surface area contributed by atoms with Gasteiger partial charge in [-0.05, 0) is 63.8 Å². The molecule has 0 bridgehead atoms. The molecular formula is C25H30O6. The van der Waals surface area contributed by atoms with Crippen molar-refractivity contribution in [1.82, 2.24) is 0 Å². The van der Waals surface area contributed by atoms with Crippen molar-refractivity contribution in [1.29, 1.82) is 0 Å². The van der Waals surface area contributed by atoms with Crippen molar-refractivity contribution in [3.05, 3.63) is 59.7 Å². The second kappa shape index (κ2) is 9.88. The molecule has 0 radical (unpaired) electrons. The van der Waals surface area contributed by atoms with Gasteiger partial charge in [0.2, 0.25) is 0 Å². The van der Waals surface area contributed by atoms with Crippen molar-refractivity contribution >= 4 is 17.7 Å². The number of carbonyl (C=O) groups is 3. The first-order valence-electron chi connectivity index (χ1n) is 10.2. The Balaban J connectivity index is 2.35. The fourth-order valence-corrected chi connectivity index (χ4v) is 3.18. The molecule has 0 aliphatic carbocycles. The number of rotatable bonds is 9. The van der Waals surface area contributed by atoms with Crippen molar-refractivity contribution < 1.29 is 29.0 Å². The number of carbonyl (C=O) groups excluding carboxylic acids is 2. The maximum Gasteiger partial charge on any atom is 0.338 e. The second-order valence-electron chi connectivity index (χ2n) is 8.48. The number of ketones is 1. The SMILES string of the molecule is CCOC(=O)c1ccccc1-c1ccc(CC(COC(C)(C)C)(C(C)=O)C(=O)O)cc1. The van der Waals surface area contributed by atoms with E-state index in [0.717, 1.165) is 11.1 Å². The van der Waals surface area contributed by atoms with Gasteiger partial charge in [0.05, 0.1) is 24.4 Å². The Labute approximate surface area is 183 Å². The Morgan fingerprint density at radius 2 is 1.58 bits per heavy atom. The zero-order chi connectivity index (χ0) is 23.2. The first-order chi connectivity index (χ1) is 14.5. The smallest absolute Gasteiger partial charge is 0.338 e. The highest BCUT2D eigenvalue weighted by Gasteiger charge is 2.45. The third kappa shape index (κ3) is 6.01. The molecule has 0 fully saturated rings. The van der Waals surface area contributed by atoms with Crippen molar-refractivity contribution in [2.75, 3.05) is 13.2 Å². The number of hydrogen-bond donors (Lipinski definition) is 1. The van der Waals surface area contributed by atoms with E-state index < -0.39 is 28.7 Å². The van der Waals surface area contributed by atoms with Crippen LogP contribution in [0.15, 0.2) is 48.5 Å². The van der Waals surface area contributed by atoms with Gasteiger partial charge >= 0.3 is 11.9 Å². The minimum absolute atomic E-state index is 0.00749. The molecule has 0 spiro atoms. The van der Waals surface area contributed by atoms with Gasteiger partial charge in [-0.1, -0.05) is 42.5 Å². The maximum atomic E-state index is 12.4. The normalized spacial score (nSPS) is 13.3. The Morgan fingerprint density at radius 3 is 2.10 bits per heavy atom. The summed E-state index contributed by atoms with van der Waals surface area (Å²) in [5.74, 6) is -2.06. The Hall–Kier alpha value is -2.99. The predicted octanol–water partition coefficient (Wildman–Crippen LogP) is 4.55. The molecule has 0 aromatic heterocycles. The number of carboxylic acid groups (broad SMARTS) is 1. The van der Waals surface area contributed by atoms with Crippen LogP contribution in [-0.4, -0.2) is 41.6 Å². The molecule has 0 saturated heterocycles. The molecular weight excluding hydrogens is 396 g/mol. The molecule has 0 aliphatic heterocycles. The van der Waals surface area contributed by atoms with Crippen molar-refractivity contribution in [2.24, 2.45) is 5.41 Å². The summed E-state index contributed by atoms with van der Waals surface area (Å²) in [5, 5.41) is 9.88. The van der Waals surface area contributed by atoms with Gasteiger partial charge < -0.3 is 14.6 Å². The van der Waals surface area contributed by atoms with Crippen LogP contribution in [0.5, 0.6) is 0 Å². The number of carboxylic acids is 1. The lowest BCUT2D eigenvalue weighted by atomic mass is 9.78. The van der Waals surface area contributed by atoms with Gasteiger partial charge in [0.1, 0.15) is 5.78 Å². The molecule has 6 heteroatoms. The number of benzene rings is 2. The lowest BCUT2D eigenvalue weighted by molar-refractivity contribution is -0.162. The summed E-state index contributed by atoms with van der Waals surface area (Å²) in [6.07, 6.45) is 0.00749. The molecule has 0 amide bonds. The predicted molar refractivity (Wildman–Crippen MR) is 118 cm³/mol. The number of ether oxygens (including phenoxy) is 2. The van der Waals surface area contributed by atoms with Crippen LogP contribution >= 0.6 is 0 Å². The summed E-state index contributed by atoms with van der Waals surface area (Å²) in [7, 11) is 0. The van der Waals surface area contributed by atoms with Crippen LogP contribution in [0, 0.1) is 5.41 Å². The zero-order valence-corrected chi connectivity index (χ0v) is 18.7. The number of aliphatic carboxylic acids is 1. The van der Waals surface area contributed by atoms with Crippen LogP contribution in [0.3, 0.4) is 0 Å². The van der Waals surface area contributed by atoms with E-state index in [9.17, 15) is 19.5 Å². The van der Waals surface area contributed by atoms with Gasteiger partial charge in [0.15, 0.2) is 5.41 Å². The van der Waals surface area contributed by atoms with E-state index in [4.69, 9.17) is 9.47 Å². The van der Waals surface area contributed by atoms with E-state index in [1.165, 1.54) is 6.92 Å². The topological polar surface area (TPSA) is 89.9 Å². The van der Waals surface area contributed by atoms with E-state index in [0.29, 0.717) is 11.1 Å². The molecule has 1 N–H and O–H groups in total. The summed E-state index contributed by atoms with van der Waals surface area (Å²) in [5.41, 5.74) is 0.419. The number of Topliss-reactive ketones (excluding diaryl/α,β-unsaturated/α-hetero) is 1. The molecule has 2 aromatic rings. The quantitative estimate of drug-likeness (QED) is 0.467. The van der Waals surface area contributed by atoms with Crippen LogP contribution < -0.4 is 0 Å². The van der Waals surface area contributed by atoms with Gasteiger partial charge in [-0.15, -0.1) is 0 Å². The largest absolute Gasteiger partial charge is 0.480 e. The molecule has 1 unspecified atom stereocenters. The standard InChI is InChI=1S/C25H30O6/c1-6-30-22(27)21-10-8-7-9-20(21)19-13-11-18(12-14-19)15-25(17(2)26,23(28)29)16-31-24(3,4)5/h7-14H,6,15-16H2,1-5H3,(H,28,29). The van der Waals surface area contributed by atoms with E-state index in [1.807, 2.05) is 45.0 Å².